The average Bonchev–Trinajstić information content (AvgIpc) is 3.19. The topological polar surface area (TPSA) is 56.0 Å². The van der Waals surface area contributed by atoms with Crippen molar-refractivity contribution in [3.63, 3.8) is 0 Å². The molecular formula is C21H31N5O. The number of imidazole rings is 1. The minimum absolute atomic E-state index is 0.112. The molecule has 1 amide bonds. The molecule has 146 valence electrons. The standard InChI is InChI=1S/C21H31N5O/c1-4-26-19(12-18(23-26)15(2)3)21(27)25-10-5-6-17(14-25)20-22-9-11-24(20)13-16-7-8-16/h9,11-12,15-17H,4-8,10,13-14H2,1-3H3/t17-/m1/s1. The third-order valence-corrected chi connectivity index (χ3v) is 5.88. The Labute approximate surface area is 161 Å². The third-order valence-electron chi connectivity index (χ3n) is 5.88. The quantitative estimate of drug-likeness (QED) is 0.781. The molecule has 1 saturated carbocycles. The maximum Gasteiger partial charge on any atom is 0.272 e. The first-order valence-corrected chi connectivity index (χ1v) is 10.4. The van der Waals surface area contributed by atoms with Crippen molar-refractivity contribution in [3.05, 3.63) is 35.7 Å². The summed E-state index contributed by atoms with van der Waals surface area (Å²) in [4.78, 5) is 19.9. The third kappa shape index (κ3) is 3.80. The molecular weight excluding hydrogens is 338 g/mol. The van der Waals surface area contributed by atoms with Gasteiger partial charge in [0.25, 0.3) is 5.91 Å². The van der Waals surface area contributed by atoms with Gasteiger partial charge in [0.1, 0.15) is 11.5 Å². The van der Waals surface area contributed by atoms with Crippen molar-refractivity contribution in [2.24, 2.45) is 5.92 Å². The number of amides is 1. The summed E-state index contributed by atoms with van der Waals surface area (Å²) in [6.07, 6.45) is 8.84. The highest BCUT2D eigenvalue weighted by Crippen LogP contribution is 2.33. The Kier molecular flexibility index (Phi) is 5.06. The van der Waals surface area contributed by atoms with E-state index in [4.69, 9.17) is 0 Å². The van der Waals surface area contributed by atoms with Gasteiger partial charge in [-0.3, -0.25) is 9.48 Å². The van der Waals surface area contributed by atoms with Crippen LogP contribution in [0.1, 0.15) is 80.3 Å². The molecule has 2 aromatic rings. The average molecular weight is 370 g/mol. The lowest BCUT2D eigenvalue weighted by molar-refractivity contribution is 0.0690. The zero-order valence-electron chi connectivity index (χ0n) is 16.8. The highest BCUT2D eigenvalue weighted by atomic mass is 16.2. The van der Waals surface area contributed by atoms with Gasteiger partial charge in [-0.1, -0.05) is 13.8 Å². The molecule has 1 aliphatic heterocycles. The van der Waals surface area contributed by atoms with Gasteiger partial charge in [0, 0.05) is 44.5 Å². The Balaban J connectivity index is 1.51. The molecule has 2 aliphatic rings. The normalized spacial score (nSPS) is 20.4. The summed E-state index contributed by atoms with van der Waals surface area (Å²) in [7, 11) is 0. The van der Waals surface area contributed by atoms with Crippen LogP contribution in [0.15, 0.2) is 18.5 Å². The molecule has 2 aromatic heterocycles. The van der Waals surface area contributed by atoms with E-state index in [0.29, 0.717) is 11.8 Å². The largest absolute Gasteiger partial charge is 0.337 e. The predicted molar refractivity (Wildman–Crippen MR) is 105 cm³/mol. The van der Waals surface area contributed by atoms with Crippen molar-refractivity contribution in [2.45, 2.75) is 71.4 Å². The molecule has 0 N–H and O–H groups in total. The summed E-state index contributed by atoms with van der Waals surface area (Å²) in [5.41, 5.74) is 1.72. The number of aromatic nitrogens is 4. The van der Waals surface area contributed by atoms with Crippen LogP contribution < -0.4 is 0 Å². The number of hydrogen-bond acceptors (Lipinski definition) is 3. The van der Waals surface area contributed by atoms with E-state index in [0.717, 1.165) is 62.2 Å². The highest BCUT2D eigenvalue weighted by molar-refractivity contribution is 5.92. The summed E-state index contributed by atoms with van der Waals surface area (Å²) in [6, 6.07) is 1.98. The van der Waals surface area contributed by atoms with Gasteiger partial charge in [-0.2, -0.15) is 5.10 Å². The number of likely N-dealkylation sites (tertiary alicyclic amines) is 1. The van der Waals surface area contributed by atoms with Crippen molar-refractivity contribution in [2.75, 3.05) is 13.1 Å². The van der Waals surface area contributed by atoms with Gasteiger partial charge in [-0.15, -0.1) is 0 Å². The van der Waals surface area contributed by atoms with Crippen LogP contribution in [0.25, 0.3) is 0 Å². The first kappa shape index (κ1) is 18.3. The molecule has 27 heavy (non-hydrogen) atoms. The number of piperidine rings is 1. The van der Waals surface area contributed by atoms with Gasteiger partial charge in [0.2, 0.25) is 0 Å². The van der Waals surface area contributed by atoms with Gasteiger partial charge in [-0.05, 0) is 50.5 Å². The Morgan fingerprint density at radius 3 is 2.81 bits per heavy atom. The van der Waals surface area contributed by atoms with E-state index >= 15 is 0 Å². The van der Waals surface area contributed by atoms with E-state index in [-0.39, 0.29) is 5.91 Å². The number of carbonyl (C=O) groups is 1. The minimum Gasteiger partial charge on any atom is -0.337 e. The smallest absolute Gasteiger partial charge is 0.272 e. The number of aryl methyl sites for hydroxylation is 1. The van der Waals surface area contributed by atoms with Crippen LogP contribution >= 0.6 is 0 Å². The first-order chi connectivity index (χ1) is 13.1. The van der Waals surface area contributed by atoms with E-state index in [1.165, 1.54) is 12.8 Å². The molecule has 0 bridgehead atoms. The molecule has 2 fully saturated rings. The summed E-state index contributed by atoms with van der Waals surface area (Å²) in [6.45, 7) is 9.66. The van der Waals surface area contributed by atoms with E-state index < -0.39 is 0 Å². The Morgan fingerprint density at radius 2 is 2.11 bits per heavy atom. The lowest BCUT2D eigenvalue weighted by Gasteiger charge is -2.32. The number of rotatable bonds is 6. The molecule has 0 radical (unpaired) electrons. The highest BCUT2D eigenvalue weighted by Gasteiger charge is 2.31. The fourth-order valence-electron chi connectivity index (χ4n) is 4.08. The Bertz CT molecular complexity index is 801. The van der Waals surface area contributed by atoms with Gasteiger partial charge < -0.3 is 9.47 Å². The molecule has 1 saturated heterocycles. The molecule has 1 aliphatic carbocycles. The van der Waals surface area contributed by atoms with Crippen LogP contribution in [0, 0.1) is 5.92 Å². The second kappa shape index (κ2) is 7.49. The van der Waals surface area contributed by atoms with Crippen molar-refractivity contribution in [1.29, 1.82) is 0 Å². The van der Waals surface area contributed by atoms with E-state index in [1.807, 2.05) is 28.8 Å². The Morgan fingerprint density at radius 1 is 1.30 bits per heavy atom. The molecule has 6 heteroatoms. The van der Waals surface area contributed by atoms with Gasteiger partial charge in [0.15, 0.2) is 0 Å². The summed E-state index contributed by atoms with van der Waals surface area (Å²) in [5, 5.41) is 4.62. The van der Waals surface area contributed by atoms with Crippen LogP contribution in [0.2, 0.25) is 0 Å². The molecule has 0 unspecified atom stereocenters. The maximum atomic E-state index is 13.2. The number of nitrogens with zero attached hydrogens (tertiary/aromatic N) is 5. The first-order valence-electron chi connectivity index (χ1n) is 10.4. The van der Waals surface area contributed by atoms with Gasteiger partial charge in [0.05, 0.1) is 5.69 Å². The zero-order chi connectivity index (χ0) is 19.0. The van der Waals surface area contributed by atoms with Crippen molar-refractivity contribution in [1.82, 2.24) is 24.2 Å². The van der Waals surface area contributed by atoms with Crippen LogP contribution in [0.3, 0.4) is 0 Å². The van der Waals surface area contributed by atoms with E-state index in [2.05, 4.69) is 34.7 Å². The van der Waals surface area contributed by atoms with Crippen molar-refractivity contribution >= 4 is 5.91 Å². The SMILES string of the molecule is CCn1nc(C(C)C)cc1C(=O)N1CCC[C@@H](c2nccn2CC2CC2)C1. The number of carbonyl (C=O) groups excluding carboxylic acids is 1. The van der Waals surface area contributed by atoms with Crippen molar-refractivity contribution < 1.29 is 4.79 Å². The minimum atomic E-state index is 0.112. The van der Waals surface area contributed by atoms with Crippen LogP contribution in [-0.4, -0.2) is 43.2 Å². The molecule has 6 nitrogen and oxygen atoms in total. The van der Waals surface area contributed by atoms with Gasteiger partial charge >= 0.3 is 0 Å². The van der Waals surface area contributed by atoms with E-state index in [9.17, 15) is 4.79 Å². The predicted octanol–water partition coefficient (Wildman–Crippen LogP) is 3.65. The van der Waals surface area contributed by atoms with Crippen LogP contribution in [0.4, 0.5) is 0 Å². The summed E-state index contributed by atoms with van der Waals surface area (Å²) in [5.74, 6) is 2.76. The van der Waals surface area contributed by atoms with E-state index in [1.54, 1.807) is 0 Å². The monoisotopic (exact) mass is 369 g/mol. The summed E-state index contributed by atoms with van der Waals surface area (Å²) >= 11 is 0. The molecule has 4 rings (SSSR count). The van der Waals surface area contributed by atoms with Crippen LogP contribution in [0.5, 0.6) is 0 Å². The lowest BCUT2D eigenvalue weighted by atomic mass is 9.96. The fraction of sp³-hybridized carbons (Fsp3) is 0.667. The summed E-state index contributed by atoms with van der Waals surface area (Å²) < 4.78 is 4.18. The second-order valence-corrected chi connectivity index (χ2v) is 8.40. The molecule has 3 heterocycles. The lowest BCUT2D eigenvalue weighted by Crippen LogP contribution is -2.40. The van der Waals surface area contributed by atoms with Crippen LogP contribution in [-0.2, 0) is 13.1 Å². The van der Waals surface area contributed by atoms with Crippen molar-refractivity contribution in [3.8, 4) is 0 Å². The maximum absolute atomic E-state index is 13.2. The second-order valence-electron chi connectivity index (χ2n) is 8.40. The Hall–Kier alpha value is -2.11. The van der Waals surface area contributed by atoms with Gasteiger partial charge in [-0.25, -0.2) is 4.98 Å². The number of hydrogen-bond donors (Lipinski definition) is 0. The fourth-order valence-corrected chi connectivity index (χ4v) is 4.08. The molecule has 0 aromatic carbocycles. The molecule has 1 atom stereocenters. The molecule has 0 spiro atoms. The zero-order valence-corrected chi connectivity index (χ0v) is 16.8.